The topological polar surface area (TPSA) is 62.7 Å². The minimum absolute atomic E-state index is 0.655. The third-order valence-electron chi connectivity index (χ3n) is 6.63. The number of pyridine rings is 2. The number of aromatic nitrogens is 2. The third-order valence-corrected chi connectivity index (χ3v) is 8.11. The number of benzene rings is 3. The Hall–Kier alpha value is -4.06. The molecule has 0 unspecified atom stereocenters. The van der Waals surface area contributed by atoms with Crippen LogP contribution in [0.2, 0.25) is 19.6 Å². The first-order chi connectivity index (χ1) is 19.7. The fourth-order valence-electron chi connectivity index (χ4n) is 4.73. The van der Waals surface area contributed by atoms with Gasteiger partial charge in [0.05, 0.1) is 67.6 Å². The number of halogens is 1. The Bertz CT molecular complexity index is 1810. The van der Waals surface area contributed by atoms with Crippen LogP contribution in [0.1, 0.15) is 5.56 Å². The Morgan fingerprint density at radius 3 is 1.54 bits per heavy atom. The van der Waals surface area contributed by atoms with Crippen molar-refractivity contribution in [1.29, 1.82) is 0 Å². The molecule has 0 aliphatic heterocycles. The van der Waals surface area contributed by atoms with Crippen molar-refractivity contribution < 1.29 is 18.9 Å². The van der Waals surface area contributed by atoms with E-state index in [1.54, 1.807) is 28.4 Å². The van der Waals surface area contributed by atoms with Crippen LogP contribution < -0.4 is 18.9 Å². The number of hydrogen-bond donors (Lipinski definition) is 0. The monoisotopic (exact) mass is 626 g/mol. The van der Waals surface area contributed by atoms with E-state index in [4.69, 9.17) is 28.9 Å². The van der Waals surface area contributed by atoms with Gasteiger partial charge in [-0.2, -0.15) is 0 Å². The fraction of sp³-hybridized carbons (Fsp3) is 0.212. The largest absolute Gasteiger partial charge is 0.496 e. The van der Waals surface area contributed by atoms with Gasteiger partial charge in [-0.25, -0.2) is 9.97 Å². The number of fused-ring (bicyclic) bond motifs is 3. The Kier molecular flexibility index (Phi) is 7.94. The minimum Gasteiger partial charge on any atom is -0.496 e. The maximum atomic E-state index is 5.78. The first-order valence-corrected chi connectivity index (χ1v) is 17.4. The zero-order chi connectivity index (χ0) is 29.3. The molecule has 208 valence electrons. The lowest BCUT2D eigenvalue weighted by atomic mass is 10.00. The quantitative estimate of drug-likeness (QED) is 0.108. The zero-order valence-corrected chi connectivity index (χ0v) is 26.8. The molecule has 2 heterocycles. The maximum absolute atomic E-state index is 5.78. The molecule has 5 aromatic rings. The van der Waals surface area contributed by atoms with Crippen LogP contribution in [-0.2, 0) is 0 Å². The molecule has 0 saturated carbocycles. The molecule has 0 fully saturated rings. The summed E-state index contributed by atoms with van der Waals surface area (Å²) in [6, 6.07) is 19.6. The van der Waals surface area contributed by atoms with Crippen molar-refractivity contribution in [3.05, 3.63) is 70.7 Å². The molecule has 0 aliphatic rings. The Labute approximate surface area is 249 Å². The van der Waals surface area contributed by atoms with Crippen molar-refractivity contribution in [3.63, 3.8) is 0 Å². The molecule has 0 aliphatic carbocycles. The van der Waals surface area contributed by atoms with E-state index < -0.39 is 8.07 Å². The summed E-state index contributed by atoms with van der Waals surface area (Å²) in [5.41, 5.74) is 8.69. The lowest BCUT2D eigenvalue weighted by Crippen LogP contribution is -2.16. The summed E-state index contributed by atoms with van der Waals surface area (Å²) in [6.07, 6.45) is 0. The van der Waals surface area contributed by atoms with E-state index >= 15 is 0 Å². The van der Waals surface area contributed by atoms with Gasteiger partial charge in [-0.05, 0) is 52.3 Å². The summed E-state index contributed by atoms with van der Waals surface area (Å²) in [5, 5.41) is 1.87. The molecule has 0 atom stereocenters. The second-order valence-electron chi connectivity index (χ2n) is 10.5. The zero-order valence-electron chi connectivity index (χ0n) is 24.2. The number of rotatable bonds is 6. The Morgan fingerprint density at radius 1 is 0.634 bits per heavy atom. The van der Waals surface area contributed by atoms with Crippen molar-refractivity contribution in [3.8, 4) is 57.0 Å². The lowest BCUT2D eigenvalue weighted by Gasteiger charge is -2.17. The molecule has 0 spiro atoms. The van der Waals surface area contributed by atoms with Gasteiger partial charge in [0.2, 0.25) is 0 Å². The highest BCUT2D eigenvalue weighted by Gasteiger charge is 2.22. The van der Waals surface area contributed by atoms with E-state index in [1.165, 1.54) is 0 Å². The maximum Gasteiger partial charge on any atom is 0.132 e. The van der Waals surface area contributed by atoms with Gasteiger partial charge in [-0.1, -0.05) is 49.8 Å². The van der Waals surface area contributed by atoms with Crippen LogP contribution in [0.25, 0.3) is 44.3 Å². The summed E-state index contributed by atoms with van der Waals surface area (Å²) in [5.74, 6) is 6.08. The van der Waals surface area contributed by atoms with Crippen LogP contribution in [0, 0.1) is 11.5 Å². The van der Waals surface area contributed by atoms with Crippen molar-refractivity contribution in [2.75, 3.05) is 28.4 Å². The van der Waals surface area contributed by atoms with E-state index in [0.29, 0.717) is 34.4 Å². The minimum atomic E-state index is -1.68. The van der Waals surface area contributed by atoms with E-state index in [-0.39, 0.29) is 0 Å². The van der Waals surface area contributed by atoms with Gasteiger partial charge >= 0.3 is 0 Å². The summed E-state index contributed by atoms with van der Waals surface area (Å²) < 4.78 is 23.8. The molecule has 0 amide bonds. The van der Waals surface area contributed by atoms with Gasteiger partial charge in [0.1, 0.15) is 31.1 Å². The molecule has 0 bridgehead atoms. The highest BCUT2D eigenvalue weighted by atomic mass is 79.9. The third kappa shape index (κ3) is 5.48. The highest BCUT2D eigenvalue weighted by molar-refractivity contribution is 9.10. The molecule has 8 heteroatoms. The van der Waals surface area contributed by atoms with E-state index in [1.807, 2.05) is 42.5 Å². The van der Waals surface area contributed by atoms with Gasteiger partial charge < -0.3 is 18.9 Å². The van der Waals surface area contributed by atoms with Crippen LogP contribution in [0.5, 0.6) is 23.0 Å². The second-order valence-corrected chi connectivity index (χ2v) is 16.1. The van der Waals surface area contributed by atoms with Crippen LogP contribution in [0.4, 0.5) is 0 Å². The summed E-state index contributed by atoms with van der Waals surface area (Å²) in [4.78, 5) is 10.4. The number of methoxy groups -OCH3 is 4. The predicted molar refractivity (Wildman–Crippen MR) is 172 cm³/mol. The van der Waals surface area contributed by atoms with Crippen molar-refractivity contribution in [2.24, 2.45) is 0 Å². The van der Waals surface area contributed by atoms with Crippen molar-refractivity contribution >= 4 is 45.8 Å². The molecule has 6 nitrogen and oxygen atoms in total. The van der Waals surface area contributed by atoms with E-state index in [0.717, 1.165) is 43.0 Å². The number of ether oxygens (including phenoxy) is 4. The first-order valence-electron chi connectivity index (χ1n) is 13.1. The SMILES string of the molecule is COc1cccc(OC)c1-c1nc2c(ccc3cc(C#C[Si](C)(C)C)c(-c4c(OC)cccc4OC)nc32)cc1Br. The van der Waals surface area contributed by atoms with Crippen LogP contribution in [0.3, 0.4) is 0 Å². The van der Waals surface area contributed by atoms with Gasteiger partial charge in [-0.15, -0.1) is 5.54 Å². The predicted octanol–water partition coefficient (Wildman–Crippen LogP) is 8.14. The molecule has 5 rings (SSSR count). The van der Waals surface area contributed by atoms with E-state index in [2.05, 4.69) is 65.2 Å². The standard InChI is InChI=1S/C33H31BrN2O4Si/c1-37-24-10-8-11-25(38-2)28(24)30-22(16-17-41(5,6)7)18-20-14-15-21-19-23(34)33(36-32(21)31(20)35-30)29-26(39-3)12-9-13-27(29)40-4/h8-15,18-19H,1-7H3. The highest BCUT2D eigenvalue weighted by Crippen LogP contribution is 2.43. The first kappa shape index (κ1) is 28.5. The van der Waals surface area contributed by atoms with Crippen molar-refractivity contribution in [2.45, 2.75) is 19.6 Å². The van der Waals surface area contributed by atoms with Crippen LogP contribution in [0.15, 0.2) is 65.1 Å². The van der Waals surface area contributed by atoms with Gasteiger partial charge in [0, 0.05) is 15.2 Å². The Morgan fingerprint density at radius 2 is 1.07 bits per heavy atom. The van der Waals surface area contributed by atoms with Crippen LogP contribution in [-0.4, -0.2) is 46.5 Å². The number of hydrogen-bond acceptors (Lipinski definition) is 6. The van der Waals surface area contributed by atoms with Crippen molar-refractivity contribution in [1.82, 2.24) is 9.97 Å². The van der Waals surface area contributed by atoms with E-state index in [9.17, 15) is 0 Å². The summed E-state index contributed by atoms with van der Waals surface area (Å²) in [7, 11) is 4.89. The molecular weight excluding hydrogens is 596 g/mol. The summed E-state index contributed by atoms with van der Waals surface area (Å²) >= 11 is 3.74. The number of nitrogens with zero attached hydrogens (tertiary/aromatic N) is 2. The van der Waals surface area contributed by atoms with Gasteiger partial charge in [0.25, 0.3) is 0 Å². The van der Waals surface area contributed by atoms with Gasteiger partial charge in [0.15, 0.2) is 0 Å². The Balaban J connectivity index is 1.90. The molecule has 3 aromatic carbocycles. The molecule has 0 radical (unpaired) electrons. The lowest BCUT2D eigenvalue weighted by molar-refractivity contribution is 0.397. The fourth-order valence-corrected chi connectivity index (χ4v) is 5.77. The smallest absolute Gasteiger partial charge is 0.132 e. The average molecular weight is 628 g/mol. The molecule has 0 N–H and O–H groups in total. The molecule has 2 aromatic heterocycles. The van der Waals surface area contributed by atoms with Gasteiger partial charge in [-0.3, -0.25) is 0 Å². The molecular formula is C33H31BrN2O4Si. The molecule has 41 heavy (non-hydrogen) atoms. The van der Waals surface area contributed by atoms with Crippen LogP contribution >= 0.6 is 15.9 Å². The average Bonchev–Trinajstić information content (AvgIpc) is 2.97. The summed E-state index contributed by atoms with van der Waals surface area (Å²) in [6.45, 7) is 6.67. The molecule has 0 saturated heterocycles. The second kappa shape index (κ2) is 11.4. The normalized spacial score (nSPS) is 11.2.